The van der Waals surface area contributed by atoms with Crippen molar-refractivity contribution in [1.82, 2.24) is 4.98 Å². The van der Waals surface area contributed by atoms with Crippen LogP contribution >= 0.6 is 11.6 Å². The van der Waals surface area contributed by atoms with Gasteiger partial charge in [0.25, 0.3) is 0 Å². The third-order valence-electron chi connectivity index (χ3n) is 4.49. The van der Waals surface area contributed by atoms with E-state index in [0.717, 1.165) is 11.3 Å². The van der Waals surface area contributed by atoms with Crippen molar-refractivity contribution in [3.8, 4) is 0 Å². The van der Waals surface area contributed by atoms with E-state index >= 15 is 0 Å². The lowest BCUT2D eigenvalue weighted by atomic mass is 9.98. The van der Waals surface area contributed by atoms with Crippen LogP contribution in [0.3, 0.4) is 0 Å². The molecule has 0 bridgehead atoms. The zero-order valence-corrected chi connectivity index (χ0v) is 14.1. The van der Waals surface area contributed by atoms with E-state index in [1.54, 1.807) is 0 Å². The lowest BCUT2D eigenvalue weighted by Crippen LogP contribution is -2.19. The molecule has 1 aliphatic carbocycles. The summed E-state index contributed by atoms with van der Waals surface area (Å²) in [7, 11) is 0. The van der Waals surface area contributed by atoms with Gasteiger partial charge in [0, 0.05) is 6.04 Å². The van der Waals surface area contributed by atoms with Crippen molar-refractivity contribution in [3.05, 3.63) is 23.0 Å². The number of pyridine rings is 1. The molecule has 1 aromatic rings. The van der Waals surface area contributed by atoms with E-state index in [0.29, 0.717) is 11.2 Å². The first kappa shape index (κ1) is 16.6. The van der Waals surface area contributed by atoms with Crippen LogP contribution in [0.5, 0.6) is 0 Å². The molecule has 3 heteroatoms. The third-order valence-corrected chi connectivity index (χ3v) is 4.89. The van der Waals surface area contributed by atoms with E-state index in [9.17, 15) is 0 Å². The molecule has 1 aromatic heterocycles. The van der Waals surface area contributed by atoms with Gasteiger partial charge in [-0.05, 0) is 31.4 Å². The SMILES string of the molecule is Cc1cc(NC2CCCCCCCCCCC2)cnc1Cl. The molecule has 2 rings (SSSR count). The van der Waals surface area contributed by atoms with Crippen molar-refractivity contribution in [1.29, 1.82) is 0 Å². The first-order valence-corrected chi connectivity index (χ1v) is 9.02. The molecule has 118 valence electrons. The van der Waals surface area contributed by atoms with Gasteiger partial charge in [-0.1, -0.05) is 69.4 Å². The van der Waals surface area contributed by atoms with Gasteiger partial charge in [0.15, 0.2) is 0 Å². The van der Waals surface area contributed by atoms with Gasteiger partial charge < -0.3 is 5.32 Å². The Bertz CT molecular complexity index is 408. The van der Waals surface area contributed by atoms with E-state index < -0.39 is 0 Å². The summed E-state index contributed by atoms with van der Waals surface area (Å²) in [5.41, 5.74) is 2.17. The Morgan fingerprint density at radius 1 is 0.952 bits per heavy atom. The number of aryl methyl sites for hydroxylation is 1. The second-order valence-corrected chi connectivity index (χ2v) is 6.79. The number of rotatable bonds is 2. The first-order chi connectivity index (χ1) is 10.3. The van der Waals surface area contributed by atoms with Crippen molar-refractivity contribution >= 4 is 17.3 Å². The third kappa shape index (κ3) is 6.25. The maximum atomic E-state index is 6.01. The zero-order valence-electron chi connectivity index (χ0n) is 13.3. The summed E-state index contributed by atoms with van der Waals surface area (Å²) in [5, 5.41) is 4.29. The minimum Gasteiger partial charge on any atom is -0.381 e. The molecule has 0 saturated heterocycles. The van der Waals surface area contributed by atoms with Gasteiger partial charge in [-0.2, -0.15) is 0 Å². The van der Waals surface area contributed by atoms with Crippen LogP contribution in [0.1, 0.15) is 76.2 Å². The van der Waals surface area contributed by atoms with Crippen LogP contribution in [0.15, 0.2) is 12.3 Å². The first-order valence-electron chi connectivity index (χ1n) is 8.64. The van der Waals surface area contributed by atoms with Crippen molar-refractivity contribution < 1.29 is 0 Å². The van der Waals surface area contributed by atoms with Crippen LogP contribution in [-0.2, 0) is 0 Å². The Balaban J connectivity index is 1.88. The highest BCUT2D eigenvalue weighted by molar-refractivity contribution is 6.30. The molecule has 0 unspecified atom stereocenters. The molecule has 0 amide bonds. The monoisotopic (exact) mass is 308 g/mol. The molecule has 0 aliphatic heterocycles. The highest BCUT2D eigenvalue weighted by atomic mass is 35.5. The number of anilines is 1. The minimum absolute atomic E-state index is 0.590. The molecule has 0 radical (unpaired) electrons. The molecule has 1 heterocycles. The highest BCUT2D eigenvalue weighted by Gasteiger charge is 2.10. The Labute approximate surface area is 134 Å². The van der Waals surface area contributed by atoms with Crippen LogP contribution in [0, 0.1) is 6.92 Å². The summed E-state index contributed by atoms with van der Waals surface area (Å²) in [6, 6.07) is 2.71. The van der Waals surface area contributed by atoms with Crippen molar-refractivity contribution in [2.75, 3.05) is 5.32 Å². The van der Waals surface area contributed by atoms with Gasteiger partial charge in [0.05, 0.1) is 11.9 Å². The van der Waals surface area contributed by atoms with Gasteiger partial charge in [-0.25, -0.2) is 4.98 Å². The van der Waals surface area contributed by atoms with Gasteiger partial charge in [0.1, 0.15) is 5.15 Å². The van der Waals surface area contributed by atoms with Crippen LogP contribution in [0.4, 0.5) is 5.69 Å². The second-order valence-electron chi connectivity index (χ2n) is 6.43. The van der Waals surface area contributed by atoms with E-state index in [1.807, 2.05) is 13.1 Å². The van der Waals surface area contributed by atoms with Gasteiger partial charge in [0.2, 0.25) is 0 Å². The summed E-state index contributed by atoms with van der Waals surface area (Å²) in [6.07, 6.45) is 17.0. The van der Waals surface area contributed by atoms with Gasteiger partial charge in [-0.3, -0.25) is 0 Å². The molecule has 1 aliphatic rings. The van der Waals surface area contributed by atoms with Crippen molar-refractivity contribution in [2.45, 2.75) is 83.6 Å². The normalized spacial score (nSPS) is 19.5. The predicted molar refractivity (Wildman–Crippen MR) is 92.2 cm³/mol. The number of nitrogens with zero attached hydrogens (tertiary/aromatic N) is 1. The Hall–Kier alpha value is -0.760. The van der Waals surface area contributed by atoms with E-state index in [-0.39, 0.29) is 0 Å². The molecule has 2 nitrogen and oxygen atoms in total. The fourth-order valence-electron chi connectivity index (χ4n) is 3.18. The average molecular weight is 309 g/mol. The van der Waals surface area contributed by atoms with Crippen molar-refractivity contribution in [3.63, 3.8) is 0 Å². The smallest absolute Gasteiger partial charge is 0.132 e. The fourth-order valence-corrected chi connectivity index (χ4v) is 3.28. The average Bonchev–Trinajstić information content (AvgIpc) is 2.46. The Kier molecular flexibility index (Phi) is 7.35. The number of aromatic nitrogens is 1. The van der Waals surface area contributed by atoms with E-state index in [2.05, 4.69) is 16.4 Å². The number of hydrogen-bond donors (Lipinski definition) is 1. The van der Waals surface area contributed by atoms with E-state index in [4.69, 9.17) is 11.6 Å². The van der Waals surface area contributed by atoms with Gasteiger partial charge in [-0.15, -0.1) is 0 Å². The molecule has 1 fully saturated rings. The van der Waals surface area contributed by atoms with Crippen LogP contribution in [0.25, 0.3) is 0 Å². The molecule has 21 heavy (non-hydrogen) atoms. The summed E-state index contributed by atoms with van der Waals surface area (Å²) < 4.78 is 0. The largest absolute Gasteiger partial charge is 0.381 e. The lowest BCUT2D eigenvalue weighted by molar-refractivity contribution is 0.480. The molecule has 0 atom stereocenters. The topological polar surface area (TPSA) is 24.9 Å². The lowest BCUT2D eigenvalue weighted by Gasteiger charge is -2.21. The number of hydrogen-bond acceptors (Lipinski definition) is 2. The second kappa shape index (κ2) is 9.30. The quantitative estimate of drug-likeness (QED) is 0.665. The fraction of sp³-hybridized carbons (Fsp3) is 0.722. The maximum absolute atomic E-state index is 6.01. The molecular weight excluding hydrogens is 280 g/mol. The molecule has 1 N–H and O–H groups in total. The van der Waals surface area contributed by atoms with Crippen LogP contribution in [0.2, 0.25) is 5.15 Å². The van der Waals surface area contributed by atoms with Crippen LogP contribution < -0.4 is 5.32 Å². The predicted octanol–water partition coefficient (Wildman–Crippen LogP) is 6.13. The molecule has 0 aromatic carbocycles. The maximum Gasteiger partial charge on any atom is 0.132 e. The highest BCUT2D eigenvalue weighted by Crippen LogP contribution is 2.21. The van der Waals surface area contributed by atoms with Crippen molar-refractivity contribution in [2.24, 2.45) is 0 Å². The minimum atomic E-state index is 0.590. The Morgan fingerprint density at radius 3 is 2.00 bits per heavy atom. The van der Waals surface area contributed by atoms with Crippen LogP contribution in [-0.4, -0.2) is 11.0 Å². The van der Waals surface area contributed by atoms with Gasteiger partial charge >= 0.3 is 0 Å². The number of nitrogens with one attached hydrogen (secondary N) is 1. The summed E-state index contributed by atoms with van der Waals surface area (Å²) in [6.45, 7) is 2.02. The summed E-state index contributed by atoms with van der Waals surface area (Å²) >= 11 is 6.01. The number of halogens is 1. The Morgan fingerprint density at radius 2 is 1.48 bits per heavy atom. The summed E-state index contributed by atoms with van der Waals surface area (Å²) in [4.78, 5) is 4.25. The molecular formula is C18H29ClN2. The molecule has 0 spiro atoms. The summed E-state index contributed by atoms with van der Waals surface area (Å²) in [5.74, 6) is 0. The standard InChI is InChI=1S/C18H29ClN2/c1-15-13-17(14-20-18(15)19)21-16-11-9-7-5-3-2-4-6-8-10-12-16/h13-14,16,21H,2-12H2,1H3. The molecule has 1 saturated carbocycles. The van der Waals surface area contributed by atoms with E-state index in [1.165, 1.54) is 70.6 Å². The zero-order chi connectivity index (χ0) is 14.9.